The average molecular weight is 566 g/mol. The SMILES string of the molecule is Cc1cccc(N2CCN(C(=NCc3nnc(C)n3C)NCCc3cccs3)CC2)c1.I. The number of anilines is 1. The molecule has 0 spiro atoms. The largest absolute Gasteiger partial charge is 0.368 e. The van der Waals surface area contributed by atoms with Gasteiger partial charge >= 0.3 is 0 Å². The number of guanidine groups is 1. The molecule has 1 N–H and O–H groups in total. The maximum atomic E-state index is 4.92. The molecule has 0 aliphatic carbocycles. The van der Waals surface area contributed by atoms with E-state index in [0.717, 1.165) is 56.8 Å². The summed E-state index contributed by atoms with van der Waals surface area (Å²) in [4.78, 5) is 11.1. The molecule has 7 nitrogen and oxygen atoms in total. The molecule has 0 amide bonds. The van der Waals surface area contributed by atoms with Crippen LogP contribution in [-0.2, 0) is 20.0 Å². The molecule has 1 saturated heterocycles. The molecule has 1 fully saturated rings. The maximum absolute atomic E-state index is 4.92. The van der Waals surface area contributed by atoms with Crippen LogP contribution in [0.25, 0.3) is 0 Å². The van der Waals surface area contributed by atoms with E-state index in [1.165, 1.54) is 16.1 Å². The Labute approximate surface area is 211 Å². The number of nitrogens with zero attached hydrogens (tertiary/aromatic N) is 6. The highest BCUT2D eigenvalue weighted by atomic mass is 127. The zero-order chi connectivity index (χ0) is 21.6. The van der Waals surface area contributed by atoms with Crippen molar-refractivity contribution in [2.45, 2.75) is 26.8 Å². The lowest BCUT2D eigenvalue weighted by Crippen LogP contribution is -2.53. The number of thiophene rings is 1. The summed E-state index contributed by atoms with van der Waals surface area (Å²) in [6, 6.07) is 13.0. The van der Waals surface area contributed by atoms with Crippen molar-refractivity contribution in [2.75, 3.05) is 37.6 Å². The van der Waals surface area contributed by atoms with Gasteiger partial charge in [-0.25, -0.2) is 4.99 Å². The van der Waals surface area contributed by atoms with Gasteiger partial charge in [-0.05, 0) is 49.4 Å². The Morgan fingerprint density at radius 3 is 2.56 bits per heavy atom. The molecule has 2 aromatic heterocycles. The van der Waals surface area contributed by atoms with E-state index in [4.69, 9.17) is 4.99 Å². The first-order chi connectivity index (χ1) is 15.1. The molecule has 3 heterocycles. The summed E-state index contributed by atoms with van der Waals surface area (Å²) >= 11 is 1.80. The molecule has 4 rings (SSSR count). The Kier molecular flexibility index (Phi) is 8.92. The third kappa shape index (κ3) is 6.22. The Bertz CT molecular complexity index is 1010. The van der Waals surface area contributed by atoms with Crippen LogP contribution in [0.3, 0.4) is 0 Å². The Morgan fingerprint density at radius 1 is 1.09 bits per heavy atom. The fourth-order valence-corrected chi connectivity index (χ4v) is 4.46. The predicted octanol–water partition coefficient (Wildman–Crippen LogP) is 3.62. The van der Waals surface area contributed by atoms with Crippen molar-refractivity contribution in [1.29, 1.82) is 0 Å². The van der Waals surface area contributed by atoms with Crippen molar-refractivity contribution >= 4 is 47.0 Å². The molecule has 1 aliphatic rings. The number of aliphatic imine (C=N–C) groups is 1. The van der Waals surface area contributed by atoms with Gasteiger partial charge in [-0.3, -0.25) is 0 Å². The van der Waals surface area contributed by atoms with Gasteiger partial charge in [-0.1, -0.05) is 18.2 Å². The van der Waals surface area contributed by atoms with E-state index in [9.17, 15) is 0 Å². The first-order valence-corrected chi connectivity index (χ1v) is 11.7. The van der Waals surface area contributed by atoms with Crippen LogP contribution >= 0.6 is 35.3 Å². The van der Waals surface area contributed by atoms with E-state index >= 15 is 0 Å². The summed E-state index contributed by atoms with van der Waals surface area (Å²) in [5.41, 5.74) is 2.61. The van der Waals surface area contributed by atoms with Gasteiger partial charge in [0, 0.05) is 50.3 Å². The first-order valence-electron chi connectivity index (χ1n) is 10.8. The third-order valence-corrected chi connectivity index (χ3v) is 6.67. The summed E-state index contributed by atoms with van der Waals surface area (Å²) in [5.74, 6) is 2.75. The highest BCUT2D eigenvalue weighted by molar-refractivity contribution is 14.0. The van der Waals surface area contributed by atoms with Gasteiger partial charge in [0.15, 0.2) is 11.8 Å². The zero-order valence-corrected chi connectivity index (χ0v) is 22.1. The smallest absolute Gasteiger partial charge is 0.194 e. The summed E-state index contributed by atoms with van der Waals surface area (Å²) in [5, 5.41) is 14.1. The highest BCUT2D eigenvalue weighted by Gasteiger charge is 2.20. The van der Waals surface area contributed by atoms with Gasteiger partial charge in [0.1, 0.15) is 12.4 Å². The van der Waals surface area contributed by atoms with Crippen molar-refractivity contribution in [2.24, 2.45) is 12.0 Å². The Morgan fingerprint density at radius 2 is 1.91 bits per heavy atom. The van der Waals surface area contributed by atoms with E-state index in [0.29, 0.717) is 6.54 Å². The number of benzene rings is 1. The second-order valence-corrected chi connectivity index (χ2v) is 8.96. The molecule has 3 aromatic rings. The second kappa shape index (κ2) is 11.6. The number of hydrogen-bond acceptors (Lipinski definition) is 5. The molecule has 0 atom stereocenters. The topological polar surface area (TPSA) is 61.6 Å². The number of aryl methyl sites for hydroxylation is 2. The van der Waals surface area contributed by atoms with Crippen LogP contribution in [-0.4, -0.2) is 58.3 Å². The molecule has 172 valence electrons. The molecule has 1 aliphatic heterocycles. The van der Waals surface area contributed by atoms with Crippen LogP contribution in [0, 0.1) is 13.8 Å². The second-order valence-electron chi connectivity index (χ2n) is 7.93. The number of hydrogen-bond donors (Lipinski definition) is 1. The summed E-state index contributed by atoms with van der Waals surface area (Å²) in [6.07, 6.45) is 1.00. The quantitative estimate of drug-likeness (QED) is 0.281. The normalized spacial score (nSPS) is 14.4. The lowest BCUT2D eigenvalue weighted by atomic mass is 10.2. The van der Waals surface area contributed by atoms with E-state index in [2.05, 4.69) is 74.0 Å². The molecular weight excluding hydrogens is 533 g/mol. The van der Waals surface area contributed by atoms with Crippen LogP contribution in [0.15, 0.2) is 46.8 Å². The zero-order valence-electron chi connectivity index (χ0n) is 19.0. The monoisotopic (exact) mass is 565 g/mol. The molecule has 0 radical (unpaired) electrons. The summed E-state index contributed by atoms with van der Waals surface area (Å²) in [6.45, 7) is 9.36. The van der Waals surface area contributed by atoms with Gasteiger partial charge < -0.3 is 19.7 Å². The Hall–Kier alpha value is -2.14. The van der Waals surface area contributed by atoms with E-state index in [1.807, 2.05) is 18.5 Å². The minimum Gasteiger partial charge on any atom is -0.368 e. The van der Waals surface area contributed by atoms with Crippen molar-refractivity contribution in [1.82, 2.24) is 25.0 Å². The molecular formula is C23H32IN7S. The van der Waals surface area contributed by atoms with Crippen LogP contribution in [0.4, 0.5) is 5.69 Å². The molecule has 32 heavy (non-hydrogen) atoms. The maximum Gasteiger partial charge on any atom is 0.194 e. The predicted molar refractivity (Wildman–Crippen MR) is 143 cm³/mol. The fourth-order valence-electron chi connectivity index (χ4n) is 3.76. The fraction of sp³-hybridized carbons (Fsp3) is 0.435. The van der Waals surface area contributed by atoms with Gasteiger partial charge in [0.2, 0.25) is 0 Å². The van der Waals surface area contributed by atoms with Crippen molar-refractivity contribution in [3.8, 4) is 0 Å². The number of aromatic nitrogens is 3. The molecule has 0 bridgehead atoms. The Balaban J connectivity index is 0.00000289. The minimum absolute atomic E-state index is 0. The summed E-state index contributed by atoms with van der Waals surface area (Å²) < 4.78 is 2.00. The number of nitrogens with one attached hydrogen (secondary N) is 1. The van der Waals surface area contributed by atoms with Crippen molar-refractivity contribution < 1.29 is 0 Å². The molecule has 0 saturated carbocycles. The van der Waals surface area contributed by atoms with E-state index < -0.39 is 0 Å². The average Bonchev–Trinajstić information content (AvgIpc) is 3.41. The standard InChI is InChI=1S/C23H31N7S.HI/c1-18-6-4-7-20(16-18)29-11-13-30(14-12-29)23(24-10-9-21-8-5-15-31-21)25-17-22-27-26-19(2)28(22)3;/h4-8,15-16H,9-14,17H2,1-3H3,(H,24,25);1H. The van der Waals surface area contributed by atoms with Crippen molar-refractivity contribution in [3.63, 3.8) is 0 Å². The van der Waals surface area contributed by atoms with E-state index in [-0.39, 0.29) is 24.0 Å². The minimum atomic E-state index is 0. The third-order valence-electron chi connectivity index (χ3n) is 5.73. The summed E-state index contributed by atoms with van der Waals surface area (Å²) in [7, 11) is 1.99. The van der Waals surface area contributed by atoms with Crippen LogP contribution in [0.5, 0.6) is 0 Å². The number of piperazine rings is 1. The van der Waals surface area contributed by atoms with Gasteiger partial charge in [0.25, 0.3) is 0 Å². The van der Waals surface area contributed by atoms with E-state index in [1.54, 1.807) is 11.3 Å². The first kappa shape index (κ1) is 24.5. The molecule has 0 unspecified atom stereocenters. The van der Waals surface area contributed by atoms with Gasteiger partial charge in [-0.2, -0.15) is 0 Å². The molecule has 1 aromatic carbocycles. The number of halogens is 1. The van der Waals surface area contributed by atoms with Crippen LogP contribution in [0.1, 0.15) is 22.1 Å². The van der Waals surface area contributed by atoms with Gasteiger partial charge in [0.05, 0.1) is 0 Å². The van der Waals surface area contributed by atoms with Crippen molar-refractivity contribution in [3.05, 3.63) is 63.9 Å². The van der Waals surface area contributed by atoms with Crippen LogP contribution in [0.2, 0.25) is 0 Å². The number of rotatable bonds is 6. The highest BCUT2D eigenvalue weighted by Crippen LogP contribution is 2.18. The lowest BCUT2D eigenvalue weighted by Gasteiger charge is -2.38. The van der Waals surface area contributed by atoms with Crippen LogP contribution < -0.4 is 10.2 Å². The van der Waals surface area contributed by atoms with Gasteiger partial charge in [-0.15, -0.1) is 45.5 Å². The lowest BCUT2D eigenvalue weighted by molar-refractivity contribution is 0.371. The molecule has 9 heteroatoms.